The van der Waals surface area contributed by atoms with Crippen LogP contribution < -0.4 is 14.9 Å². The molecule has 0 heterocycles. The van der Waals surface area contributed by atoms with Crippen LogP contribution in [0.5, 0.6) is 11.5 Å². The van der Waals surface area contributed by atoms with E-state index in [9.17, 15) is 14.9 Å². The van der Waals surface area contributed by atoms with E-state index in [0.717, 1.165) is 9.13 Å². The van der Waals surface area contributed by atoms with E-state index in [1.165, 1.54) is 30.5 Å². The number of benzene rings is 3. The molecule has 0 unspecified atom stereocenters. The predicted octanol–water partition coefficient (Wildman–Crippen LogP) is 6.25. The van der Waals surface area contributed by atoms with Crippen LogP contribution in [0.3, 0.4) is 0 Å². The summed E-state index contributed by atoms with van der Waals surface area (Å²) in [6.45, 7) is 2.47. The van der Waals surface area contributed by atoms with Crippen molar-refractivity contribution in [3.63, 3.8) is 0 Å². The summed E-state index contributed by atoms with van der Waals surface area (Å²) in [6, 6.07) is 14.3. The Labute approximate surface area is 219 Å². The highest BCUT2D eigenvalue weighted by Crippen LogP contribution is 2.35. The molecule has 0 spiro atoms. The number of hydrazone groups is 1. The van der Waals surface area contributed by atoms with Gasteiger partial charge in [-0.3, -0.25) is 14.9 Å². The topological polar surface area (TPSA) is 103 Å². The molecule has 3 aromatic carbocycles. The molecule has 1 amide bonds. The fraction of sp³-hybridized carbons (Fsp3) is 0.130. The lowest BCUT2D eigenvalue weighted by molar-refractivity contribution is -0.385. The van der Waals surface area contributed by atoms with E-state index in [0.29, 0.717) is 33.7 Å². The van der Waals surface area contributed by atoms with Crippen molar-refractivity contribution >= 4 is 63.6 Å². The Morgan fingerprint density at radius 3 is 2.65 bits per heavy atom. The number of ether oxygens (including phenoxy) is 2. The van der Waals surface area contributed by atoms with Gasteiger partial charge in [-0.15, -0.1) is 0 Å². The van der Waals surface area contributed by atoms with Crippen molar-refractivity contribution in [3.8, 4) is 11.5 Å². The number of amides is 1. The van der Waals surface area contributed by atoms with Crippen LogP contribution in [-0.2, 0) is 6.61 Å². The molecule has 3 rings (SSSR count). The SMILES string of the molecule is CCOc1cc(/C=N\NC(=O)c2ccccc2[N+](=O)[O-])cc(I)c1OCc1ccc(Cl)cc1Cl. The van der Waals surface area contributed by atoms with Crippen molar-refractivity contribution in [2.45, 2.75) is 13.5 Å². The largest absolute Gasteiger partial charge is 0.490 e. The molecule has 0 bridgehead atoms. The van der Waals surface area contributed by atoms with Gasteiger partial charge in [0, 0.05) is 21.7 Å². The monoisotopic (exact) mass is 613 g/mol. The third-order valence-corrected chi connectivity index (χ3v) is 5.83. The number of para-hydroxylation sites is 1. The highest BCUT2D eigenvalue weighted by atomic mass is 127. The average molecular weight is 614 g/mol. The number of nitrogens with one attached hydrogen (secondary N) is 1. The van der Waals surface area contributed by atoms with Crippen LogP contribution >= 0.6 is 45.8 Å². The van der Waals surface area contributed by atoms with Crippen molar-refractivity contribution in [1.29, 1.82) is 0 Å². The molecule has 3 aromatic rings. The number of carbonyl (C=O) groups excluding carboxylic acids is 1. The van der Waals surface area contributed by atoms with Crippen LogP contribution in [0.15, 0.2) is 59.7 Å². The van der Waals surface area contributed by atoms with E-state index in [4.69, 9.17) is 32.7 Å². The van der Waals surface area contributed by atoms with Gasteiger partial charge in [-0.25, -0.2) is 5.43 Å². The first-order valence-corrected chi connectivity index (χ1v) is 11.7. The molecule has 34 heavy (non-hydrogen) atoms. The van der Waals surface area contributed by atoms with Gasteiger partial charge in [0.25, 0.3) is 11.6 Å². The minimum absolute atomic E-state index is 0.0844. The van der Waals surface area contributed by atoms with Crippen molar-refractivity contribution in [3.05, 3.63) is 95.0 Å². The third kappa shape index (κ3) is 6.58. The summed E-state index contributed by atoms with van der Waals surface area (Å²) < 4.78 is 12.5. The Morgan fingerprint density at radius 2 is 1.94 bits per heavy atom. The first-order chi connectivity index (χ1) is 16.3. The minimum Gasteiger partial charge on any atom is -0.490 e. The van der Waals surface area contributed by atoms with E-state index >= 15 is 0 Å². The lowest BCUT2D eigenvalue weighted by Crippen LogP contribution is -2.19. The van der Waals surface area contributed by atoms with Crippen molar-refractivity contribution in [2.24, 2.45) is 5.10 Å². The summed E-state index contributed by atoms with van der Waals surface area (Å²) in [5.41, 5.74) is 3.33. The lowest BCUT2D eigenvalue weighted by atomic mass is 10.2. The maximum absolute atomic E-state index is 12.3. The number of nitrogens with zero attached hydrogens (tertiary/aromatic N) is 2. The number of carbonyl (C=O) groups is 1. The molecule has 0 aliphatic heterocycles. The fourth-order valence-electron chi connectivity index (χ4n) is 2.90. The zero-order valence-electron chi connectivity index (χ0n) is 17.8. The molecule has 176 valence electrons. The molecule has 0 saturated heterocycles. The van der Waals surface area contributed by atoms with Crippen molar-refractivity contribution in [2.75, 3.05) is 6.61 Å². The van der Waals surface area contributed by atoms with E-state index in [2.05, 4.69) is 33.1 Å². The third-order valence-electron chi connectivity index (χ3n) is 4.44. The predicted molar refractivity (Wildman–Crippen MR) is 139 cm³/mol. The Hall–Kier alpha value is -2.89. The minimum atomic E-state index is -0.692. The first kappa shape index (κ1) is 25.7. The second-order valence-electron chi connectivity index (χ2n) is 6.76. The van der Waals surface area contributed by atoms with Crippen LogP contribution in [0.1, 0.15) is 28.4 Å². The number of rotatable bonds is 9. The highest BCUT2D eigenvalue weighted by molar-refractivity contribution is 14.1. The van der Waals surface area contributed by atoms with Crippen LogP contribution in [0, 0.1) is 13.7 Å². The maximum Gasteiger partial charge on any atom is 0.282 e. The zero-order valence-corrected chi connectivity index (χ0v) is 21.4. The van der Waals surface area contributed by atoms with Gasteiger partial charge >= 0.3 is 0 Å². The molecule has 0 radical (unpaired) electrons. The van der Waals surface area contributed by atoms with Crippen molar-refractivity contribution in [1.82, 2.24) is 5.43 Å². The lowest BCUT2D eigenvalue weighted by Gasteiger charge is -2.15. The molecular weight excluding hydrogens is 596 g/mol. The van der Waals surface area contributed by atoms with Gasteiger partial charge < -0.3 is 9.47 Å². The molecule has 8 nitrogen and oxygen atoms in total. The van der Waals surface area contributed by atoms with Gasteiger partial charge in [-0.2, -0.15) is 5.10 Å². The van der Waals surface area contributed by atoms with Gasteiger partial charge in [0.1, 0.15) is 12.2 Å². The summed E-state index contributed by atoms with van der Waals surface area (Å²) in [6.07, 6.45) is 1.41. The number of halogens is 3. The van der Waals surface area contributed by atoms with Crippen LogP contribution in [0.2, 0.25) is 10.0 Å². The Balaban J connectivity index is 1.76. The molecule has 0 aliphatic carbocycles. The van der Waals surface area contributed by atoms with E-state index in [-0.39, 0.29) is 17.9 Å². The maximum atomic E-state index is 12.3. The van der Waals surface area contributed by atoms with E-state index in [1.54, 1.807) is 30.3 Å². The van der Waals surface area contributed by atoms with Gasteiger partial charge in [0.15, 0.2) is 11.5 Å². The molecule has 0 fully saturated rings. The average Bonchev–Trinajstić information content (AvgIpc) is 2.79. The van der Waals surface area contributed by atoms with Crippen LogP contribution in [-0.4, -0.2) is 23.7 Å². The smallest absolute Gasteiger partial charge is 0.282 e. The summed E-state index contributed by atoms with van der Waals surface area (Å²) >= 11 is 14.3. The fourth-order valence-corrected chi connectivity index (χ4v) is 4.15. The summed E-state index contributed by atoms with van der Waals surface area (Å²) in [4.78, 5) is 22.8. The first-order valence-electron chi connectivity index (χ1n) is 9.90. The number of nitro benzene ring substituents is 1. The standard InChI is InChI=1S/C23H18Cl2IN3O5/c1-2-33-21-10-14(12-27-28-23(30)17-5-3-4-6-20(17)29(31)32)9-19(26)22(21)34-13-15-7-8-16(24)11-18(15)25/h3-12H,2,13H2,1H3,(H,28,30)/b27-12-. The number of hydrogen-bond donors (Lipinski definition) is 1. The molecule has 1 N–H and O–H groups in total. The second-order valence-corrected chi connectivity index (χ2v) is 8.77. The zero-order chi connectivity index (χ0) is 24.7. The van der Waals surface area contributed by atoms with E-state index < -0.39 is 10.8 Å². The molecule has 0 aliphatic rings. The van der Waals surface area contributed by atoms with E-state index in [1.807, 2.05) is 6.92 Å². The summed E-state index contributed by atoms with van der Waals surface area (Å²) in [5, 5.41) is 16.1. The van der Waals surface area contributed by atoms with Gasteiger partial charge in [0.2, 0.25) is 0 Å². The normalized spacial score (nSPS) is 10.8. The van der Waals surface area contributed by atoms with Gasteiger partial charge in [-0.1, -0.05) is 41.4 Å². The quantitative estimate of drug-likeness (QED) is 0.133. The number of hydrogen-bond acceptors (Lipinski definition) is 6. The Kier molecular flexibility index (Phi) is 9.08. The molecular formula is C23H18Cl2IN3O5. The summed E-state index contributed by atoms with van der Waals surface area (Å²) in [7, 11) is 0. The molecule has 0 aromatic heterocycles. The molecule has 0 saturated carbocycles. The Bertz CT molecular complexity index is 1250. The highest BCUT2D eigenvalue weighted by Gasteiger charge is 2.18. The molecule has 0 atom stereocenters. The van der Waals surface area contributed by atoms with Crippen molar-refractivity contribution < 1.29 is 19.2 Å². The van der Waals surface area contributed by atoms with Gasteiger partial charge in [-0.05, 0) is 65.4 Å². The molecule has 11 heteroatoms. The second kappa shape index (κ2) is 12.0. The van der Waals surface area contributed by atoms with Gasteiger partial charge in [0.05, 0.1) is 21.3 Å². The summed E-state index contributed by atoms with van der Waals surface area (Å²) in [5.74, 6) is 0.337. The van der Waals surface area contributed by atoms with Crippen LogP contribution in [0.25, 0.3) is 0 Å². The van der Waals surface area contributed by atoms with Crippen LogP contribution in [0.4, 0.5) is 5.69 Å². The number of nitro groups is 1. The Morgan fingerprint density at radius 1 is 1.18 bits per heavy atom.